The van der Waals surface area contributed by atoms with Gasteiger partial charge in [-0.2, -0.15) is 0 Å². The van der Waals surface area contributed by atoms with Crippen molar-refractivity contribution in [3.8, 4) is 0 Å². The quantitative estimate of drug-likeness (QED) is 0.0939. The van der Waals surface area contributed by atoms with E-state index in [2.05, 4.69) is 52.1 Å². The van der Waals surface area contributed by atoms with E-state index in [1.54, 1.807) is 49.2 Å². The summed E-state index contributed by atoms with van der Waals surface area (Å²) in [7, 11) is 0. The number of nitrogens with zero attached hydrogens (tertiary/aromatic N) is 4. The first-order chi connectivity index (χ1) is 31.4. The van der Waals surface area contributed by atoms with Crippen molar-refractivity contribution in [1.82, 2.24) is 30.2 Å². The van der Waals surface area contributed by atoms with Crippen LogP contribution in [0.3, 0.4) is 0 Å². The molecule has 0 unspecified atom stereocenters. The maximum atomic E-state index is 13.3. The van der Waals surface area contributed by atoms with E-state index >= 15 is 0 Å². The first-order valence-electron chi connectivity index (χ1n) is 21.2. The van der Waals surface area contributed by atoms with Gasteiger partial charge in [-0.05, 0) is 94.8 Å². The van der Waals surface area contributed by atoms with E-state index in [0.717, 1.165) is 58.4 Å². The van der Waals surface area contributed by atoms with Crippen LogP contribution < -0.4 is 21.3 Å². The lowest BCUT2D eigenvalue weighted by atomic mass is 9.98. The molecule has 9 rings (SSSR count). The van der Waals surface area contributed by atoms with Crippen molar-refractivity contribution in [2.75, 3.05) is 37.1 Å². The molecule has 7 aromatic rings. The second-order valence-electron chi connectivity index (χ2n) is 15.4. The monoisotopic (exact) mass is 922 g/mol. The Kier molecular flexibility index (Phi) is 14.4. The average molecular weight is 924 g/mol. The Labute approximate surface area is 378 Å². The summed E-state index contributed by atoms with van der Waals surface area (Å²) in [4.78, 5) is 64.6. The predicted octanol–water partition coefficient (Wildman–Crippen LogP) is 7.93. The molecule has 2 saturated heterocycles. The molecule has 4 amide bonds. The number of hydrogen-bond acceptors (Lipinski definition) is 9. The smallest absolute Gasteiger partial charge is 0.272 e. The second-order valence-corrected chi connectivity index (χ2v) is 16.0. The number of carbonyl (C=O) groups is 4. The highest BCUT2D eigenvalue weighted by molar-refractivity contribution is 9.08. The zero-order valence-corrected chi connectivity index (χ0v) is 36.6. The Morgan fingerprint density at radius 3 is 1.50 bits per heavy atom. The van der Waals surface area contributed by atoms with Crippen molar-refractivity contribution in [2.24, 2.45) is 0 Å². The van der Waals surface area contributed by atoms with Gasteiger partial charge in [0.2, 0.25) is 0 Å². The third kappa shape index (κ3) is 10.5. The maximum absolute atomic E-state index is 13.3. The van der Waals surface area contributed by atoms with Crippen molar-refractivity contribution in [3.63, 3.8) is 0 Å². The van der Waals surface area contributed by atoms with Gasteiger partial charge in [0, 0.05) is 86.3 Å². The number of anilines is 2. The molecule has 0 atom stereocenters. The minimum atomic E-state index is -0.302. The summed E-state index contributed by atoms with van der Waals surface area (Å²) in [6.07, 6.45) is 11.6. The number of rotatable bonds is 11. The lowest BCUT2D eigenvalue weighted by molar-refractivity contribution is 0.0688. The van der Waals surface area contributed by atoms with Crippen LogP contribution in [0.1, 0.15) is 78.5 Å². The van der Waals surface area contributed by atoms with Crippen molar-refractivity contribution in [1.29, 1.82) is 0 Å². The lowest BCUT2D eigenvalue weighted by Gasteiger charge is -2.23. The van der Waals surface area contributed by atoms with Crippen LogP contribution in [0.15, 0.2) is 128 Å². The van der Waals surface area contributed by atoms with Crippen molar-refractivity contribution < 1.29 is 28.7 Å². The molecule has 15 heteroatoms. The number of halogens is 1. The molecule has 2 aliphatic rings. The third-order valence-electron chi connectivity index (χ3n) is 11.2. The molecule has 2 fully saturated rings. The highest BCUT2D eigenvalue weighted by Gasteiger charge is 2.23. The molecular weight excluding hydrogens is 876 g/mol. The standard InChI is InChI=1S/C26H25N5O3.C23H22BrN3O3/c32-25(30-23-6-3-11-28-24(23)26(33)29-19-9-14-34-15-10-19)22-8-7-18(16-31-13-12-27-17-31)20-4-1-2-5-21(20)22;24-14-15-7-8-19(18-5-2-1-4-17(15)18)22(28)27-20-6-3-11-25-21(20)23(29)26-16-9-12-30-13-10-16/h1-8,11-13,17,19H,9-10,14-16H2,(H,29,33)(H,30,32);1-8,11,16H,9-10,12-14H2,(H,26,29)(H,27,28). The zero-order valence-electron chi connectivity index (χ0n) is 35.0. The largest absolute Gasteiger partial charge is 0.381 e. The molecule has 0 spiro atoms. The SMILES string of the molecule is O=C(NC1CCOCC1)c1ncccc1NC(=O)c1ccc(CBr)c2ccccc12.O=C(NC1CCOCC1)c1ncccc1NC(=O)c1ccc(Cn2ccnc2)c2ccccc12. The summed E-state index contributed by atoms with van der Waals surface area (Å²) < 4.78 is 12.7. The molecule has 64 heavy (non-hydrogen) atoms. The number of aromatic nitrogens is 4. The van der Waals surface area contributed by atoms with Crippen LogP contribution in [0.2, 0.25) is 0 Å². The van der Waals surface area contributed by atoms with Crippen LogP contribution in [0, 0.1) is 0 Å². The Hall–Kier alpha value is -6.81. The number of alkyl halides is 1. The number of nitrogens with one attached hydrogen (secondary N) is 4. The van der Waals surface area contributed by atoms with Gasteiger partial charge in [-0.1, -0.05) is 76.6 Å². The summed E-state index contributed by atoms with van der Waals surface area (Å²) >= 11 is 3.50. The summed E-state index contributed by atoms with van der Waals surface area (Å²) in [6, 6.07) is 30.0. The highest BCUT2D eigenvalue weighted by Crippen LogP contribution is 2.27. The first kappa shape index (κ1) is 43.8. The molecule has 3 aromatic heterocycles. The molecule has 2 aliphatic heterocycles. The third-order valence-corrected chi connectivity index (χ3v) is 11.8. The molecule has 0 aliphatic carbocycles. The Balaban J connectivity index is 0.000000176. The number of pyridine rings is 2. The first-order valence-corrected chi connectivity index (χ1v) is 22.3. The number of amides is 4. The van der Waals surface area contributed by atoms with Gasteiger partial charge >= 0.3 is 0 Å². The molecule has 5 heterocycles. The van der Waals surface area contributed by atoms with E-state index in [0.29, 0.717) is 60.8 Å². The van der Waals surface area contributed by atoms with E-state index < -0.39 is 0 Å². The van der Waals surface area contributed by atoms with Gasteiger partial charge in [0.15, 0.2) is 11.4 Å². The van der Waals surface area contributed by atoms with Gasteiger partial charge in [-0.15, -0.1) is 0 Å². The average Bonchev–Trinajstić information content (AvgIpc) is 3.85. The van der Waals surface area contributed by atoms with E-state index in [9.17, 15) is 19.2 Å². The Morgan fingerprint density at radius 1 is 0.562 bits per heavy atom. The molecule has 4 aromatic carbocycles. The van der Waals surface area contributed by atoms with Gasteiger partial charge in [0.1, 0.15) is 0 Å². The topological polar surface area (TPSA) is 178 Å². The fourth-order valence-corrected chi connectivity index (χ4v) is 8.38. The van der Waals surface area contributed by atoms with E-state index in [4.69, 9.17) is 9.47 Å². The number of fused-ring (bicyclic) bond motifs is 2. The zero-order chi connectivity index (χ0) is 44.3. The maximum Gasteiger partial charge on any atom is 0.272 e. The van der Waals surface area contributed by atoms with Gasteiger partial charge in [-0.25, -0.2) is 15.0 Å². The van der Waals surface area contributed by atoms with Crippen LogP contribution in [-0.2, 0) is 21.3 Å². The lowest BCUT2D eigenvalue weighted by Crippen LogP contribution is -2.39. The minimum Gasteiger partial charge on any atom is -0.381 e. The van der Waals surface area contributed by atoms with Gasteiger partial charge in [0.05, 0.1) is 17.7 Å². The number of ether oxygens (including phenoxy) is 2. The number of hydrogen-bond donors (Lipinski definition) is 4. The normalized spacial score (nSPS) is 14.3. The summed E-state index contributed by atoms with van der Waals surface area (Å²) in [5.74, 6) is -1.17. The number of benzene rings is 4. The summed E-state index contributed by atoms with van der Waals surface area (Å²) in [5, 5.41) is 16.2. The number of imidazole rings is 1. The van der Waals surface area contributed by atoms with Crippen LogP contribution in [-0.4, -0.2) is 81.7 Å². The predicted molar refractivity (Wildman–Crippen MR) is 249 cm³/mol. The van der Waals surface area contributed by atoms with Gasteiger partial charge < -0.3 is 35.3 Å². The van der Waals surface area contributed by atoms with Crippen LogP contribution in [0.5, 0.6) is 0 Å². The second kappa shape index (κ2) is 21.0. The Morgan fingerprint density at radius 2 is 1.03 bits per heavy atom. The highest BCUT2D eigenvalue weighted by atomic mass is 79.9. The molecule has 326 valence electrons. The molecule has 14 nitrogen and oxygen atoms in total. The number of carbonyl (C=O) groups excluding carboxylic acids is 4. The van der Waals surface area contributed by atoms with Crippen LogP contribution >= 0.6 is 15.9 Å². The van der Waals surface area contributed by atoms with E-state index in [1.807, 2.05) is 83.6 Å². The Bertz CT molecular complexity index is 2770. The minimum absolute atomic E-state index is 0.0405. The van der Waals surface area contributed by atoms with E-state index in [-0.39, 0.29) is 47.1 Å². The molecule has 0 radical (unpaired) electrons. The van der Waals surface area contributed by atoms with E-state index in [1.165, 1.54) is 0 Å². The molecular formula is C49H47BrN8O6. The van der Waals surface area contributed by atoms with Crippen LogP contribution in [0.4, 0.5) is 11.4 Å². The molecule has 0 saturated carbocycles. The summed E-state index contributed by atoms with van der Waals surface area (Å²) in [6.45, 7) is 3.17. The fourth-order valence-electron chi connectivity index (χ4n) is 7.90. The van der Waals surface area contributed by atoms with Gasteiger partial charge in [0.25, 0.3) is 23.6 Å². The van der Waals surface area contributed by atoms with Crippen molar-refractivity contribution in [2.45, 2.75) is 49.6 Å². The van der Waals surface area contributed by atoms with Gasteiger partial charge in [-0.3, -0.25) is 19.2 Å². The van der Waals surface area contributed by atoms with Crippen molar-refractivity contribution >= 4 is 72.5 Å². The van der Waals surface area contributed by atoms with Crippen molar-refractivity contribution in [3.05, 3.63) is 162 Å². The van der Waals surface area contributed by atoms with Crippen LogP contribution in [0.25, 0.3) is 21.5 Å². The summed E-state index contributed by atoms with van der Waals surface area (Å²) in [5.41, 5.74) is 4.45. The molecule has 4 N–H and O–H groups in total. The molecule has 0 bridgehead atoms. The fraction of sp³-hybridized carbons (Fsp3) is 0.245.